The van der Waals surface area contributed by atoms with Crippen LogP contribution >= 0.6 is 7.82 Å². The molecule has 57 heavy (non-hydrogen) atoms. The molecule has 1 unspecified atom stereocenters. The largest absolute Gasteiger partial charge is 0.756 e. The van der Waals surface area contributed by atoms with E-state index in [0.29, 0.717) is 17.4 Å². The van der Waals surface area contributed by atoms with Crippen LogP contribution in [0.5, 0.6) is 0 Å². The standard InChI is InChI=1S/C46H80NO9P/c1-6-8-10-12-14-16-18-20-21-23-25-27-29-31-33-37-46(50)56-44(42-55-57(51,52)54-40-39-47(3,4)5)41-53-45(49)38-34-36-43(48)35-32-30-28-26-24-22-19-17-15-13-11-9-7-2/h15,17,20-22,24,28,30,32,35,44H,6-14,16,18-19,23,25-27,29,31,33-34,36-42H2,1-5H3/b17-15-,21-20-,24-22-,30-28-,35-32+/t44-/m1/s1. The number of nitrogens with zero attached hydrogens (tertiary/aromatic N) is 1. The Morgan fingerprint density at radius 2 is 1.12 bits per heavy atom. The highest BCUT2D eigenvalue weighted by Gasteiger charge is 2.21. The number of esters is 2. The minimum absolute atomic E-state index is 0.0160. The second kappa shape index (κ2) is 37.6. The molecule has 0 aliphatic carbocycles. The van der Waals surface area contributed by atoms with Crippen molar-refractivity contribution in [1.82, 2.24) is 0 Å². The van der Waals surface area contributed by atoms with E-state index >= 15 is 0 Å². The van der Waals surface area contributed by atoms with E-state index in [-0.39, 0.29) is 44.7 Å². The lowest BCUT2D eigenvalue weighted by Gasteiger charge is -2.28. The van der Waals surface area contributed by atoms with Gasteiger partial charge in [-0.2, -0.15) is 0 Å². The lowest BCUT2D eigenvalue weighted by atomic mass is 10.1. The molecule has 0 aromatic heterocycles. The van der Waals surface area contributed by atoms with Gasteiger partial charge in [-0.25, -0.2) is 0 Å². The van der Waals surface area contributed by atoms with Gasteiger partial charge in [0.25, 0.3) is 7.82 Å². The van der Waals surface area contributed by atoms with E-state index in [1.54, 1.807) is 6.08 Å². The number of unbranched alkanes of at least 4 members (excludes halogenated alkanes) is 14. The highest BCUT2D eigenvalue weighted by Crippen LogP contribution is 2.38. The van der Waals surface area contributed by atoms with Gasteiger partial charge >= 0.3 is 11.9 Å². The summed E-state index contributed by atoms with van der Waals surface area (Å²) in [5.41, 5.74) is 0. The van der Waals surface area contributed by atoms with Gasteiger partial charge < -0.3 is 27.9 Å². The van der Waals surface area contributed by atoms with Crippen LogP contribution in [0.4, 0.5) is 0 Å². The number of carbonyl (C=O) groups is 3. The maximum Gasteiger partial charge on any atom is 0.306 e. The number of quaternary nitrogens is 1. The zero-order valence-corrected chi connectivity index (χ0v) is 37.4. The molecule has 0 N–H and O–H groups in total. The third-order valence-electron chi connectivity index (χ3n) is 8.99. The Labute approximate surface area is 347 Å². The van der Waals surface area contributed by atoms with Gasteiger partial charge in [0.1, 0.15) is 19.8 Å². The number of ketones is 1. The summed E-state index contributed by atoms with van der Waals surface area (Å²) in [7, 11) is 1.03. The van der Waals surface area contributed by atoms with Crippen LogP contribution in [0.15, 0.2) is 60.8 Å². The Balaban J connectivity index is 4.58. The summed E-state index contributed by atoms with van der Waals surface area (Å²) in [4.78, 5) is 49.7. The van der Waals surface area contributed by atoms with Crippen molar-refractivity contribution in [2.45, 2.75) is 168 Å². The summed E-state index contributed by atoms with van der Waals surface area (Å²) in [5, 5.41) is 0. The van der Waals surface area contributed by atoms with Crippen LogP contribution in [0, 0.1) is 0 Å². The van der Waals surface area contributed by atoms with Crippen LogP contribution in [0.25, 0.3) is 0 Å². The molecule has 10 nitrogen and oxygen atoms in total. The highest BCUT2D eigenvalue weighted by molar-refractivity contribution is 7.45. The lowest BCUT2D eigenvalue weighted by Crippen LogP contribution is -2.37. The zero-order chi connectivity index (χ0) is 42.3. The van der Waals surface area contributed by atoms with E-state index in [1.807, 2.05) is 33.3 Å². The monoisotopic (exact) mass is 822 g/mol. The molecule has 0 rings (SSSR count). The minimum atomic E-state index is -4.68. The summed E-state index contributed by atoms with van der Waals surface area (Å²) in [5.74, 6) is -1.21. The summed E-state index contributed by atoms with van der Waals surface area (Å²) in [6, 6.07) is 0. The normalized spacial score (nSPS) is 14.1. The Morgan fingerprint density at radius 3 is 1.77 bits per heavy atom. The minimum Gasteiger partial charge on any atom is -0.756 e. The molecule has 11 heteroatoms. The lowest BCUT2D eigenvalue weighted by molar-refractivity contribution is -0.870. The summed E-state index contributed by atoms with van der Waals surface area (Å²) in [6.07, 6.45) is 41.1. The molecule has 0 aliphatic rings. The van der Waals surface area contributed by atoms with Gasteiger partial charge in [-0.15, -0.1) is 0 Å². The highest BCUT2D eigenvalue weighted by atomic mass is 31.2. The number of phosphoric ester groups is 1. The maximum absolute atomic E-state index is 12.7. The van der Waals surface area contributed by atoms with Crippen molar-refractivity contribution in [2.24, 2.45) is 0 Å². The van der Waals surface area contributed by atoms with Gasteiger partial charge in [0.15, 0.2) is 11.9 Å². The quantitative estimate of drug-likeness (QED) is 0.0113. The fourth-order valence-electron chi connectivity index (χ4n) is 5.48. The first-order chi connectivity index (χ1) is 27.4. The maximum atomic E-state index is 12.7. The van der Waals surface area contributed by atoms with Crippen molar-refractivity contribution < 1.29 is 46.8 Å². The van der Waals surface area contributed by atoms with Crippen LogP contribution in [-0.4, -0.2) is 75.8 Å². The number of allylic oxidation sites excluding steroid dienone is 10. The van der Waals surface area contributed by atoms with Gasteiger partial charge in [-0.3, -0.25) is 18.9 Å². The summed E-state index contributed by atoms with van der Waals surface area (Å²) >= 11 is 0. The third kappa shape index (κ3) is 41.3. The summed E-state index contributed by atoms with van der Waals surface area (Å²) < 4.78 is 33.6. The third-order valence-corrected chi connectivity index (χ3v) is 9.95. The SMILES string of the molecule is CCCCC/C=C\C/C=C\C/C=C\C=C\C(=O)CCCC(=O)OC[C@H](COP(=O)([O-])OCC[N+](C)(C)C)OC(=O)CCCCCCC/C=C\CCCCCCCC. The second-order valence-corrected chi connectivity index (χ2v) is 17.1. The molecule has 0 saturated carbocycles. The van der Waals surface area contributed by atoms with Crippen LogP contribution in [0.1, 0.15) is 162 Å². The summed E-state index contributed by atoms with van der Waals surface area (Å²) in [6.45, 7) is 3.89. The van der Waals surface area contributed by atoms with Crippen molar-refractivity contribution >= 4 is 25.5 Å². The van der Waals surface area contributed by atoms with Crippen LogP contribution < -0.4 is 4.89 Å². The zero-order valence-electron chi connectivity index (χ0n) is 36.5. The topological polar surface area (TPSA) is 128 Å². The molecule has 328 valence electrons. The fraction of sp³-hybridized carbons (Fsp3) is 0.717. The first-order valence-electron chi connectivity index (χ1n) is 21.9. The molecule has 0 heterocycles. The van der Waals surface area contributed by atoms with Gasteiger partial charge in [0, 0.05) is 19.3 Å². The molecule has 0 spiro atoms. The Morgan fingerprint density at radius 1 is 0.596 bits per heavy atom. The molecule has 0 bridgehead atoms. The molecule has 0 radical (unpaired) electrons. The Bertz CT molecular complexity index is 1220. The molecule has 0 fully saturated rings. The van der Waals surface area contributed by atoms with E-state index in [4.69, 9.17) is 18.5 Å². The average molecular weight is 822 g/mol. The van der Waals surface area contributed by atoms with Gasteiger partial charge in [0.05, 0.1) is 27.7 Å². The van der Waals surface area contributed by atoms with Crippen molar-refractivity contribution in [1.29, 1.82) is 0 Å². The van der Waals surface area contributed by atoms with Crippen LogP contribution in [0.3, 0.4) is 0 Å². The molecule has 0 aliphatic heterocycles. The van der Waals surface area contributed by atoms with Gasteiger partial charge in [-0.05, 0) is 70.3 Å². The Hall–Kier alpha value is -2.62. The molecule has 0 saturated heterocycles. The van der Waals surface area contributed by atoms with Gasteiger partial charge in [0.2, 0.25) is 0 Å². The predicted molar refractivity (Wildman–Crippen MR) is 231 cm³/mol. The number of phosphoric acid groups is 1. The van der Waals surface area contributed by atoms with Crippen LogP contribution in [-0.2, 0) is 37.5 Å². The van der Waals surface area contributed by atoms with Gasteiger partial charge in [-0.1, -0.05) is 133 Å². The van der Waals surface area contributed by atoms with Crippen LogP contribution in [0.2, 0.25) is 0 Å². The first-order valence-corrected chi connectivity index (χ1v) is 23.4. The molecular weight excluding hydrogens is 741 g/mol. The van der Waals surface area contributed by atoms with E-state index in [9.17, 15) is 23.8 Å². The van der Waals surface area contributed by atoms with E-state index in [0.717, 1.165) is 57.8 Å². The second-order valence-electron chi connectivity index (χ2n) is 15.7. The Kier molecular flexibility index (Phi) is 35.9. The molecule has 0 aromatic rings. The molecule has 0 amide bonds. The molecule has 2 atom stereocenters. The number of ether oxygens (including phenoxy) is 2. The van der Waals surface area contributed by atoms with E-state index in [2.05, 4.69) is 50.3 Å². The number of hydrogen-bond acceptors (Lipinski definition) is 9. The first kappa shape index (κ1) is 54.4. The van der Waals surface area contributed by atoms with Crippen molar-refractivity contribution in [3.8, 4) is 0 Å². The van der Waals surface area contributed by atoms with E-state index < -0.39 is 32.5 Å². The van der Waals surface area contributed by atoms with Crippen molar-refractivity contribution in [3.05, 3.63) is 60.8 Å². The van der Waals surface area contributed by atoms with E-state index in [1.165, 1.54) is 63.9 Å². The van der Waals surface area contributed by atoms with Crippen molar-refractivity contribution in [3.63, 3.8) is 0 Å². The van der Waals surface area contributed by atoms with Crippen molar-refractivity contribution in [2.75, 3.05) is 47.5 Å². The number of rotatable bonds is 39. The number of likely N-dealkylation sites (N-methyl/N-ethyl adjacent to an activating group) is 1. The number of carbonyl (C=O) groups excluding carboxylic acids is 3. The molecule has 0 aromatic carbocycles. The molecular formula is C46H80NO9P. The average Bonchev–Trinajstić information content (AvgIpc) is 3.15. The predicted octanol–water partition coefficient (Wildman–Crippen LogP) is 11.0. The number of hydrogen-bond donors (Lipinski definition) is 0. The smallest absolute Gasteiger partial charge is 0.306 e. The fourth-order valence-corrected chi connectivity index (χ4v) is 6.21.